The average molecular weight is 517 g/mol. The maximum Gasteiger partial charge on any atom is 0.301 e. The van der Waals surface area contributed by atoms with Crippen molar-refractivity contribution in [1.82, 2.24) is 4.98 Å². The van der Waals surface area contributed by atoms with Crippen molar-refractivity contribution in [3.05, 3.63) is 99.6 Å². The number of amides is 1. The number of halogens is 1. The fourth-order valence-electron chi connectivity index (χ4n) is 4.40. The van der Waals surface area contributed by atoms with Crippen molar-refractivity contribution in [1.29, 1.82) is 0 Å². The molecule has 4 aromatic rings. The van der Waals surface area contributed by atoms with Crippen molar-refractivity contribution in [2.24, 2.45) is 0 Å². The maximum absolute atomic E-state index is 13.4. The van der Waals surface area contributed by atoms with Gasteiger partial charge in [0.1, 0.15) is 5.76 Å². The van der Waals surface area contributed by atoms with Gasteiger partial charge in [-0.1, -0.05) is 74.0 Å². The van der Waals surface area contributed by atoms with Gasteiger partial charge in [0, 0.05) is 10.6 Å². The number of ketones is 1. The molecule has 0 bridgehead atoms. The summed E-state index contributed by atoms with van der Waals surface area (Å²) in [4.78, 5) is 32.9. The third-order valence-corrected chi connectivity index (χ3v) is 7.66. The number of aryl methyl sites for hydroxylation is 1. The smallest absolute Gasteiger partial charge is 0.301 e. The van der Waals surface area contributed by atoms with Gasteiger partial charge in [-0.25, -0.2) is 4.98 Å². The van der Waals surface area contributed by atoms with Crippen LogP contribution in [0.3, 0.4) is 0 Å². The topological polar surface area (TPSA) is 70.5 Å². The van der Waals surface area contributed by atoms with Crippen LogP contribution in [0.25, 0.3) is 16.0 Å². The standard InChI is InChI=1S/C29H25ClN2O3S/c1-16-5-14-21-22(15-16)36-28(31-21)32-24(17-6-10-19(11-7-17)29(2,3)4)23(26(34)27(32)35)25(33)18-8-12-20(30)13-9-18/h5-15,24,33H,1-4H3/b25-23+. The summed E-state index contributed by atoms with van der Waals surface area (Å²) >= 11 is 7.37. The molecule has 2 heterocycles. The summed E-state index contributed by atoms with van der Waals surface area (Å²) in [5, 5.41) is 12.2. The first-order valence-corrected chi connectivity index (χ1v) is 12.8. The van der Waals surface area contributed by atoms with Crippen LogP contribution in [-0.4, -0.2) is 21.8 Å². The fraction of sp³-hybridized carbons (Fsp3) is 0.207. The van der Waals surface area contributed by atoms with Crippen LogP contribution in [-0.2, 0) is 15.0 Å². The van der Waals surface area contributed by atoms with Crippen molar-refractivity contribution < 1.29 is 14.7 Å². The van der Waals surface area contributed by atoms with E-state index in [1.54, 1.807) is 24.3 Å². The number of anilines is 1. The molecule has 0 spiro atoms. The van der Waals surface area contributed by atoms with Gasteiger partial charge in [-0.15, -0.1) is 0 Å². The van der Waals surface area contributed by atoms with Crippen LogP contribution in [0.1, 0.15) is 49.1 Å². The molecular weight excluding hydrogens is 492 g/mol. The Labute approximate surface area is 218 Å². The number of hydrogen-bond acceptors (Lipinski definition) is 5. The zero-order valence-electron chi connectivity index (χ0n) is 20.4. The van der Waals surface area contributed by atoms with E-state index in [2.05, 4.69) is 25.8 Å². The highest BCUT2D eigenvalue weighted by molar-refractivity contribution is 7.22. The lowest BCUT2D eigenvalue weighted by Gasteiger charge is -2.24. The van der Waals surface area contributed by atoms with Crippen molar-refractivity contribution >= 4 is 55.7 Å². The monoisotopic (exact) mass is 516 g/mol. The van der Waals surface area contributed by atoms with Crippen LogP contribution in [0.2, 0.25) is 5.02 Å². The Hall–Kier alpha value is -3.48. The third kappa shape index (κ3) is 4.21. The number of Topliss-reactive ketones (excluding diaryl/α,β-unsaturated/α-hetero) is 1. The number of aliphatic hydroxyl groups is 1. The SMILES string of the molecule is Cc1ccc2nc(N3C(=O)C(=O)/C(=C(/O)c4ccc(Cl)cc4)C3c3ccc(C(C)(C)C)cc3)sc2c1. The second-order valence-corrected chi connectivity index (χ2v) is 11.5. The van der Waals surface area contributed by atoms with Crippen LogP contribution in [0.5, 0.6) is 0 Å². The summed E-state index contributed by atoms with van der Waals surface area (Å²) in [6.07, 6.45) is 0. The zero-order valence-corrected chi connectivity index (χ0v) is 21.9. The van der Waals surface area contributed by atoms with E-state index in [0.717, 1.165) is 21.3 Å². The Morgan fingerprint density at radius 3 is 2.31 bits per heavy atom. The highest BCUT2D eigenvalue weighted by Crippen LogP contribution is 2.44. The Kier molecular flexibility index (Phi) is 5.97. The predicted octanol–water partition coefficient (Wildman–Crippen LogP) is 7.18. The Morgan fingerprint density at radius 2 is 1.67 bits per heavy atom. The fourth-order valence-corrected chi connectivity index (χ4v) is 5.61. The first-order chi connectivity index (χ1) is 17.0. The lowest BCUT2D eigenvalue weighted by Crippen LogP contribution is -2.29. The lowest BCUT2D eigenvalue weighted by atomic mass is 9.85. The van der Waals surface area contributed by atoms with Gasteiger partial charge in [0.2, 0.25) is 0 Å². The Morgan fingerprint density at radius 1 is 1.00 bits per heavy atom. The predicted molar refractivity (Wildman–Crippen MR) is 146 cm³/mol. The van der Waals surface area contributed by atoms with Crippen LogP contribution in [0, 0.1) is 6.92 Å². The summed E-state index contributed by atoms with van der Waals surface area (Å²) < 4.78 is 0.923. The van der Waals surface area contributed by atoms with E-state index in [4.69, 9.17) is 11.6 Å². The average Bonchev–Trinajstić information content (AvgIpc) is 3.36. The molecule has 1 aliphatic heterocycles. The summed E-state index contributed by atoms with van der Waals surface area (Å²) in [6, 6.07) is 19.4. The van der Waals surface area contributed by atoms with Crippen LogP contribution in [0.15, 0.2) is 72.3 Å². The molecule has 7 heteroatoms. The number of fused-ring (bicyclic) bond motifs is 1. The molecule has 1 atom stereocenters. The minimum Gasteiger partial charge on any atom is -0.507 e. The molecule has 0 radical (unpaired) electrons. The number of carbonyl (C=O) groups is 2. The van der Waals surface area contributed by atoms with Crippen LogP contribution >= 0.6 is 22.9 Å². The summed E-state index contributed by atoms with van der Waals surface area (Å²) in [6.45, 7) is 8.36. The first kappa shape index (κ1) is 24.2. The van der Waals surface area contributed by atoms with Gasteiger partial charge in [-0.05, 0) is 65.4 Å². The lowest BCUT2D eigenvalue weighted by molar-refractivity contribution is -0.132. The number of benzene rings is 3. The molecule has 1 aliphatic rings. The Bertz CT molecular complexity index is 1530. The molecule has 1 saturated heterocycles. The van der Waals surface area contributed by atoms with Crippen LogP contribution in [0.4, 0.5) is 5.13 Å². The third-order valence-electron chi connectivity index (χ3n) is 6.39. The number of carbonyl (C=O) groups excluding carboxylic acids is 2. The molecule has 1 aromatic heterocycles. The van der Waals surface area contributed by atoms with Gasteiger partial charge in [0.15, 0.2) is 5.13 Å². The van der Waals surface area contributed by atoms with E-state index in [9.17, 15) is 14.7 Å². The molecule has 1 fully saturated rings. The highest BCUT2D eigenvalue weighted by Gasteiger charge is 2.48. The van der Waals surface area contributed by atoms with Gasteiger partial charge < -0.3 is 5.11 Å². The molecule has 1 unspecified atom stereocenters. The molecule has 0 aliphatic carbocycles. The molecular formula is C29H25ClN2O3S. The minimum absolute atomic E-state index is 0.0290. The van der Waals surface area contributed by atoms with Gasteiger partial charge in [-0.3, -0.25) is 14.5 Å². The molecule has 182 valence electrons. The second kappa shape index (κ2) is 8.87. The Balaban J connectivity index is 1.71. The molecule has 0 saturated carbocycles. The highest BCUT2D eigenvalue weighted by atomic mass is 35.5. The number of hydrogen-bond donors (Lipinski definition) is 1. The summed E-state index contributed by atoms with van der Waals surface area (Å²) in [7, 11) is 0. The summed E-state index contributed by atoms with van der Waals surface area (Å²) in [5.74, 6) is -1.71. The first-order valence-electron chi connectivity index (χ1n) is 11.6. The van der Waals surface area contributed by atoms with Crippen molar-refractivity contribution in [2.75, 3.05) is 4.90 Å². The van der Waals surface area contributed by atoms with Gasteiger partial charge in [0.25, 0.3) is 5.78 Å². The van der Waals surface area contributed by atoms with E-state index in [-0.39, 0.29) is 16.7 Å². The summed E-state index contributed by atoms with van der Waals surface area (Å²) in [5.41, 5.74) is 4.05. The van der Waals surface area contributed by atoms with E-state index >= 15 is 0 Å². The van der Waals surface area contributed by atoms with Crippen molar-refractivity contribution in [3.8, 4) is 0 Å². The van der Waals surface area contributed by atoms with Crippen LogP contribution < -0.4 is 4.90 Å². The molecule has 1 amide bonds. The van der Waals surface area contributed by atoms with E-state index < -0.39 is 17.7 Å². The molecule has 5 nitrogen and oxygen atoms in total. The second-order valence-electron chi connectivity index (χ2n) is 10.0. The number of rotatable bonds is 3. The van der Waals surface area contributed by atoms with E-state index in [1.165, 1.54) is 16.2 Å². The van der Waals surface area contributed by atoms with Crippen molar-refractivity contribution in [3.63, 3.8) is 0 Å². The molecule has 1 N–H and O–H groups in total. The zero-order chi connectivity index (χ0) is 25.8. The van der Waals surface area contributed by atoms with Gasteiger partial charge in [-0.2, -0.15) is 0 Å². The number of thiazole rings is 1. The molecule has 3 aromatic carbocycles. The largest absolute Gasteiger partial charge is 0.507 e. The molecule has 5 rings (SSSR count). The van der Waals surface area contributed by atoms with Gasteiger partial charge >= 0.3 is 5.91 Å². The van der Waals surface area contributed by atoms with Gasteiger partial charge in [0.05, 0.1) is 21.8 Å². The van der Waals surface area contributed by atoms with E-state index in [1.807, 2.05) is 49.4 Å². The minimum atomic E-state index is -0.823. The number of aromatic nitrogens is 1. The maximum atomic E-state index is 13.4. The number of aliphatic hydroxyl groups excluding tert-OH is 1. The quantitative estimate of drug-likeness (QED) is 0.178. The normalized spacial score (nSPS) is 17.8. The van der Waals surface area contributed by atoms with Crippen molar-refractivity contribution in [2.45, 2.75) is 39.2 Å². The number of nitrogens with zero attached hydrogens (tertiary/aromatic N) is 2. The molecule has 36 heavy (non-hydrogen) atoms. The van der Waals surface area contributed by atoms with E-state index in [0.29, 0.717) is 21.3 Å².